The molecule has 162 valence electrons. The fourth-order valence-corrected chi connectivity index (χ4v) is 6.71. The molecule has 0 saturated carbocycles. The molecule has 2 fully saturated rings. The summed E-state index contributed by atoms with van der Waals surface area (Å²) in [7, 11) is -1.53. The zero-order valence-corrected chi connectivity index (χ0v) is 18.4. The van der Waals surface area contributed by atoms with E-state index >= 15 is 0 Å². The number of hydrogen-bond acceptors (Lipinski definition) is 8. The minimum Gasteiger partial charge on any atom is -0.497 e. The maximum atomic E-state index is 12.6. The van der Waals surface area contributed by atoms with Crippen molar-refractivity contribution in [1.82, 2.24) is 25.0 Å². The van der Waals surface area contributed by atoms with E-state index in [0.717, 1.165) is 37.4 Å². The lowest BCUT2D eigenvalue weighted by molar-refractivity contribution is -0.119. The predicted octanol–water partition coefficient (Wildman–Crippen LogP) is 0.746. The molecule has 1 N–H and O–H groups in total. The SMILES string of the molecule is COc1ccc(-n2cnnc2SCC(=O)N[C@H]2CS(=O)(=O)C[C@@H]2N2CCCC2)cc1. The van der Waals surface area contributed by atoms with Crippen LogP contribution in [0, 0.1) is 0 Å². The first-order chi connectivity index (χ1) is 14.4. The molecule has 2 aliphatic heterocycles. The van der Waals surface area contributed by atoms with Crippen LogP contribution in [-0.4, -0.2) is 83.5 Å². The maximum absolute atomic E-state index is 12.6. The van der Waals surface area contributed by atoms with Crippen LogP contribution < -0.4 is 10.1 Å². The van der Waals surface area contributed by atoms with Crippen molar-refractivity contribution in [3.8, 4) is 11.4 Å². The number of methoxy groups -OCH3 is 1. The molecule has 2 aliphatic rings. The lowest BCUT2D eigenvalue weighted by atomic mass is 10.1. The first kappa shape index (κ1) is 21.1. The molecule has 3 heterocycles. The first-order valence-corrected chi connectivity index (χ1v) is 12.7. The van der Waals surface area contributed by atoms with Crippen molar-refractivity contribution in [3.05, 3.63) is 30.6 Å². The molecule has 11 heteroatoms. The van der Waals surface area contributed by atoms with Gasteiger partial charge in [0.1, 0.15) is 12.1 Å². The number of ether oxygens (including phenoxy) is 1. The Morgan fingerprint density at radius 3 is 2.67 bits per heavy atom. The van der Waals surface area contributed by atoms with Gasteiger partial charge in [0.15, 0.2) is 15.0 Å². The quantitative estimate of drug-likeness (QED) is 0.615. The molecular weight excluding hydrogens is 426 g/mol. The number of likely N-dealkylation sites (tertiary alicyclic amines) is 1. The molecule has 1 amide bonds. The van der Waals surface area contributed by atoms with E-state index in [1.165, 1.54) is 11.8 Å². The summed E-state index contributed by atoms with van der Waals surface area (Å²) in [5, 5.41) is 11.6. The highest BCUT2D eigenvalue weighted by molar-refractivity contribution is 7.99. The number of nitrogens with zero attached hydrogens (tertiary/aromatic N) is 4. The van der Waals surface area contributed by atoms with Gasteiger partial charge in [0.05, 0.1) is 30.4 Å². The Hall–Kier alpha value is -2.11. The summed E-state index contributed by atoms with van der Waals surface area (Å²) in [5.74, 6) is 0.816. The van der Waals surface area contributed by atoms with E-state index in [-0.39, 0.29) is 35.2 Å². The number of rotatable bonds is 7. The minimum atomic E-state index is -3.13. The molecule has 0 aliphatic carbocycles. The fourth-order valence-electron chi connectivity index (χ4n) is 4.02. The Labute approximate surface area is 180 Å². The van der Waals surface area contributed by atoms with Gasteiger partial charge in [-0.1, -0.05) is 11.8 Å². The van der Waals surface area contributed by atoms with Crippen molar-refractivity contribution in [2.24, 2.45) is 0 Å². The Bertz CT molecular complexity index is 987. The predicted molar refractivity (Wildman–Crippen MR) is 114 cm³/mol. The molecule has 1 aromatic carbocycles. The minimum absolute atomic E-state index is 0.00655. The third-order valence-corrected chi connectivity index (χ3v) is 8.14. The Balaban J connectivity index is 1.37. The highest BCUT2D eigenvalue weighted by atomic mass is 32.2. The van der Waals surface area contributed by atoms with Gasteiger partial charge in [-0.2, -0.15) is 0 Å². The van der Waals surface area contributed by atoms with E-state index < -0.39 is 9.84 Å². The van der Waals surface area contributed by atoms with Crippen LogP contribution in [0.3, 0.4) is 0 Å². The van der Waals surface area contributed by atoms with E-state index in [9.17, 15) is 13.2 Å². The van der Waals surface area contributed by atoms with Gasteiger partial charge < -0.3 is 10.1 Å². The topological polar surface area (TPSA) is 106 Å². The molecule has 0 bridgehead atoms. The van der Waals surface area contributed by atoms with Crippen LogP contribution >= 0.6 is 11.8 Å². The van der Waals surface area contributed by atoms with Crippen LogP contribution in [-0.2, 0) is 14.6 Å². The van der Waals surface area contributed by atoms with Crippen molar-refractivity contribution in [2.75, 3.05) is 37.5 Å². The maximum Gasteiger partial charge on any atom is 0.230 e. The second-order valence-electron chi connectivity index (χ2n) is 7.53. The summed E-state index contributed by atoms with van der Waals surface area (Å²) in [6.07, 6.45) is 3.75. The summed E-state index contributed by atoms with van der Waals surface area (Å²) in [6, 6.07) is 6.97. The molecule has 2 saturated heterocycles. The van der Waals surface area contributed by atoms with Crippen molar-refractivity contribution in [1.29, 1.82) is 0 Å². The summed E-state index contributed by atoms with van der Waals surface area (Å²) < 4.78 is 31.3. The van der Waals surface area contributed by atoms with Crippen LogP contribution in [0.4, 0.5) is 0 Å². The smallest absolute Gasteiger partial charge is 0.230 e. The van der Waals surface area contributed by atoms with Gasteiger partial charge in [-0.25, -0.2) is 8.42 Å². The van der Waals surface area contributed by atoms with Crippen LogP contribution in [0.25, 0.3) is 5.69 Å². The Kier molecular flexibility index (Phi) is 6.30. The normalized spacial score (nSPS) is 23.5. The lowest BCUT2D eigenvalue weighted by Gasteiger charge is -2.28. The fraction of sp³-hybridized carbons (Fsp3) is 0.526. The second-order valence-corrected chi connectivity index (χ2v) is 10.6. The number of sulfone groups is 1. The third-order valence-electron chi connectivity index (χ3n) is 5.48. The van der Waals surface area contributed by atoms with Crippen molar-refractivity contribution in [2.45, 2.75) is 30.1 Å². The van der Waals surface area contributed by atoms with Crippen LogP contribution in [0.15, 0.2) is 35.7 Å². The van der Waals surface area contributed by atoms with Gasteiger partial charge in [0, 0.05) is 11.7 Å². The Morgan fingerprint density at radius 2 is 1.97 bits per heavy atom. The number of aromatic nitrogens is 3. The monoisotopic (exact) mass is 451 g/mol. The zero-order chi connectivity index (χ0) is 21.1. The molecule has 2 atom stereocenters. The highest BCUT2D eigenvalue weighted by Gasteiger charge is 2.42. The van der Waals surface area contributed by atoms with Gasteiger partial charge in [0.2, 0.25) is 5.91 Å². The number of hydrogen-bond donors (Lipinski definition) is 1. The summed E-state index contributed by atoms with van der Waals surface area (Å²) >= 11 is 1.27. The van der Waals surface area contributed by atoms with E-state index in [1.807, 2.05) is 24.3 Å². The summed E-state index contributed by atoms with van der Waals surface area (Å²) in [4.78, 5) is 14.8. The molecule has 0 radical (unpaired) electrons. The van der Waals surface area contributed by atoms with E-state index in [0.29, 0.717) is 5.16 Å². The largest absolute Gasteiger partial charge is 0.497 e. The molecule has 9 nitrogen and oxygen atoms in total. The highest BCUT2D eigenvalue weighted by Crippen LogP contribution is 2.24. The van der Waals surface area contributed by atoms with E-state index in [1.54, 1.807) is 18.0 Å². The number of thioether (sulfide) groups is 1. The lowest BCUT2D eigenvalue weighted by Crippen LogP contribution is -2.50. The van der Waals surface area contributed by atoms with E-state index in [4.69, 9.17) is 4.74 Å². The molecule has 0 spiro atoms. The molecule has 1 aromatic heterocycles. The van der Waals surface area contributed by atoms with Gasteiger partial charge in [-0.15, -0.1) is 10.2 Å². The van der Waals surface area contributed by atoms with Crippen LogP contribution in [0.2, 0.25) is 0 Å². The number of carbonyl (C=O) groups is 1. The van der Waals surface area contributed by atoms with Gasteiger partial charge in [-0.3, -0.25) is 14.3 Å². The average Bonchev–Trinajstić information content (AvgIpc) is 3.46. The summed E-state index contributed by atoms with van der Waals surface area (Å²) in [6.45, 7) is 1.79. The van der Waals surface area contributed by atoms with Gasteiger partial charge in [-0.05, 0) is 50.2 Å². The molecule has 30 heavy (non-hydrogen) atoms. The van der Waals surface area contributed by atoms with Crippen molar-refractivity contribution < 1.29 is 17.9 Å². The molecular formula is C19H25N5O4S2. The third kappa shape index (κ3) is 4.79. The van der Waals surface area contributed by atoms with Crippen molar-refractivity contribution in [3.63, 3.8) is 0 Å². The number of carbonyl (C=O) groups excluding carboxylic acids is 1. The van der Waals surface area contributed by atoms with Crippen LogP contribution in [0.1, 0.15) is 12.8 Å². The molecule has 0 unspecified atom stereocenters. The Morgan fingerprint density at radius 1 is 1.23 bits per heavy atom. The van der Waals surface area contributed by atoms with Crippen molar-refractivity contribution >= 4 is 27.5 Å². The van der Waals surface area contributed by atoms with E-state index in [2.05, 4.69) is 20.4 Å². The van der Waals surface area contributed by atoms with Gasteiger partial charge in [0.25, 0.3) is 0 Å². The molecule has 4 rings (SSSR count). The molecule has 2 aromatic rings. The zero-order valence-electron chi connectivity index (χ0n) is 16.7. The second kappa shape index (κ2) is 8.94. The average molecular weight is 452 g/mol. The summed E-state index contributed by atoms with van der Waals surface area (Å²) in [5.41, 5.74) is 0.861. The first-order valence-electron chi connectivity index (χ1n) is 9.86. The van der Waals surface area contributed by atoms with Gasteiger partial charge >= 0.3 is 0 Å². The van der Waals surface area contributed by atoms with Crippen LogP contribution in [0.5, 0.6) is 5.75 Å². The number of benzene rings is 1. The number of amides is 1. The standard InChI is InChI=1S/C19H25N5O4S2/c1-28-15-6-4-14(5-7-15)24-13-20-22-19(24)29-10-18(25)21-16-11-30(26,27)12-17(16)23-8-2-3-9-23/h4-7,13,16-17H,2-3,8-12H2,1H3,(H,21,25)/t16-,17-/m0/s1. The number of nitrogens with one attached hydrogen (secondary N) is 1.